The lowest BCUT2D eigenvalue weighted by Crippen LogP contribution is -2.19. The van der Waals surface area contributed by atoms with Gasteiger partial charge in [0.05, 0.1) is 0 Å². The van der Waals surface area contributed by atoms with Crippen molar-refractivity contribution in [3.05, 3.63) is 57.5 Å². The summed E-state index contributed by atoms with van der Waals surface area (Å²) in [7, 11) is 0. The summed E-state index contributed by atoms with van der Waals surface area (Å²) in [6, 6.07) is 12.7. The largest absolute Gasteiger partial charge is 0.370 e. The van der Waals surface area contributed by atoms with E-state index in [4.69, 9.17) is 11.6 Å². The van der Waals surface area contributed by atoms with Crippen LogP contribution in [-0.4, -0.2) is 5.91 Å². The third-order valence-corrected chi connectivity index (χ3v) is 3.71. The monoisotopic (exact) mass is 336 g/mol. The molecule has 1 heterocycles. The Balaban J connectivity index is 1.92. The van der Waals surface area contributed by atoms with Crippen molar-refractivity contribution in [1.29, 1.82) is 0 Å². The molecule has 1 aliphatic heterocycles. The summed E-state index contributed by atoms with van der Waals surface area (Å²) in [5, 5.41) is 6.69. The molecule has 0 bridgehead atoms. The maximum atomic E-state index is 12.0. The van der Waals surface area contributed by atoms with E-state index in [1.165, 1.54) is 0 Å². The first-order chi connectivity index (χ1) is 9.13. The Morgan fingerprint density at radius 1 is 1.21 bits per heavy atom. The van der Waals surface area contributed by atoms with E-state index in [1.807, 2.05) is 30.3 Å². The van der Waals surface area contributed by atoms with Crippen molar-refractivity contribution in [3.63, 3.8) is 0 Å². The summed E-state index contributed by atoms with van der Waals surface area (Å²) in [6.45, 7) is 0. The van der Waals surface area contributed by atoms with Crippen molar-refractivity contribution < 1.29 is 4.79 Å². The molecule has 5 heteroatoms. The number of rotatable bonds is 2. The second kappa shape index (κ2) is 4.87. The molecule has 2 aromatic carbocycles. The standard InChI is InChI=1S/C14H10BrClN2O/c15-8-4-5-11-12(6-8)18-14(19)13(11)17-10-3-1-2-9(16)7-10/h1-7,13,17H,(H,18,19). The van der Waals surface area contributed by atoms with Crippen molar-refractivity contribution in [3.8, 4) is 0 Å². The lowest BCUT2D eigenvalue weighted by Gasteiger charge is -2.13. The van der Waals surface area contributed by atoms with Gasteiger partial charge in [0, 0.05) is 26.4 Å². The number of nitrogens with one attached hydrogen (secondary N) is 2. The molecule has 1 unspecified atom stereocenters. The van der Waals surface area contributed by atoms with E-state index in [0.717, 1.165) is 21.4 Å². The van der Waals surface area contributed by atoms with Crippen molar-refractivity contribution in [2.24, 2.45) is 0 Å². The van der Waals surface area contributed by atoms with Crippen molar-refractivity contribution in [2.75, 3.05) is 10.6 Å². The van der Waals surface area contributed by atoms with Crippen molar-refractivity contribution in [2.45, 2.75) is 6.04 Å². The van der Waals surface area contributed by atoms with Crippen LogP contribution in [0.3, 0.4) is 0 Å². The van der Waals surface area contributed by atoms with Gasteiger partial charge < -0.3 is 10.6 Å². The van der Waals surface area contributed by atoms with Gasteiger partial charge in [-0.15, -0.1) is 0 Å². The van der Waals surface area contributed by atoms with Crippen LogP contribution in [0.5, 0.6) is 0 Å². The Bertz CT molecular complexity index is 660. The van der Waals surface area contributed by atoms with E-state index >= 15 is 0 Å². The lowest BCUT2D eigenvalue weighted by molar-refractivity contribution is -0.116. The zero-order valence-corrected chi connectivity index (χ0v) is 12.1. The highest BCUT2D eigenvalue weighted by molar-refractivity contribution is 9.10. The second-order valence-corrected chi connectivity index (χ2v) is 5.66. The van der Waals surface area contributed by atoms with Gasteiger partial charge in [0.2, 0.25) is 0 Å². The van der Waals surface area contributed by atoms with E-state index in [1.54, 1.807) is 12.1 Å². The van der Waals surface area contributed by atoms with Crippen LogP contribution in [0.1, 0.15) is 11.6 Å². The third kappa shape index (κ3) is 2.46. The molecular weight excluding hydrogens is 328 g/mol. The third-order valence-electron chi connectivity index (χ3n) is 2.98. The van der Waals surface area contributed by atoms with Crippen LogP contribution in [0.4, 0.5) is 11.4 Å². The Morgan fingerprint density at radius 2 is 2.05 bits per heavy atom. The normalized spacial score (nSPS) is 16.9. The first-order valence-corrected chi connectivity index (χ1v) is 6.93. The molecule has 0 spiro atoms. The van der Waals surface area contributed by atoms with Gasteiger partial charge in [0.15, 0.2) is 0 Å². The fraction of sp³-hybridized carbons (Fsp3) is 0.0714. The zero-order chi connectivity index (χ0) is 13.4. The molecule has 1 aliphatic rings. The minimum absolute atomic E-state index is 0.0620. The number of anilines is 2. The molecule has 0 radical (unpaired) electrons. The molecule has 0 aliphatic carbocycles. The minimum Gasteiger partial charge on any atom is -0.370 e. The Hall–Kier alpha value is -1.52. The number of fused-ring (bicyclic) bond motifs is 1. The summed E-state index contributed by atoms with van der Waals surface area (Å²) in [6.07, 6.45) is 0. The van der Waals surface area contributed by atoms with Gasteiger partial charge in [-0.25, -0.2) is 0 Å². The van der Waals surface area contributed by atoms with E-state index in [2.05, 4.69) is 26.6 Å². The molecule has 3 nitrogen and oxygen atoms in total. The van der Waals surface area contributed by atoms with Crippen LogP contribution in [-0.2, 0) is 4.79 Å². The van der Waals surface area contributed by atoms with E-state index in [-0.39, 0.29) is 11.9 Å². The first-order valence-electron chi connectivity index (χ1n) is 5.76. The summed E-state index contributed by atoms with van der Waals surface area (Å²) in [5.41, 5.74) is 2.59. The molecule has 19 heavy (non-hydrogen) atoms. The number of amides is 1. The van der Waals surface area contributed by atoms with E-state index in [9.17, 15) is 4.79 Å². The molecule has 0 aromatic heterocycles. The number of hydrogen-bond donors (Lipinski definition) is 2. The number of benzene rings is 2. The fourth-order valence-electron chi connectivity index (χ4n) is 2.12. The van der Waals surface area contributed by atoms with Gasteiger partial charge >= 0.3 is 0 Å². The van der Waals surface area contributed by atoms with Crippen LogP contribution in [0.2, 0.25) is 5.02 Å². The molecule has 2 aromatic rings. The highest BCUT2D eigenvalue weighted by Gasteiger charge is 2.30. The van der Waals surface area contributed by atoms with E-state index < -0.39 is 0 Å². The quantitative estimate of drug-likeness (QED) is 0.862. The van der Waals surface area contributed by atoms with Crippen LogP contribution in [0.25, 0.3) is 0 Å². The zero-order valence-electron chi connectivity index (χ0n) is 9.78. The van der Waals surface area contributed by atoms with Gasteiger partial charge in [-0.05, 0) is 30.3 Å². The number of halogens is 2. The van der Waals surface area contributed by atoms with Gasteiger partial charge in [0.25, 0.3) is 5.91 Å². The summed E-state index contributed by atoms with van der Waals surface area (Å²) < 4.78 is 0.940. The predicted molar refractivity (Wildman–Crippen MR) is 80.6 cm³/mol. The Labute approximate surface area is 124 Å². The lowest BCUT2D eigenvalue weighted by atomic mass is 10.1. The maximum absolute atomic E-state index is 12.0. The summed E-state index contributed by atoms with van der Waals surface area (Å²) in [4.78, 5) is 12.0. The predicted octanol–water partition coefficient (Wildman–Crippen LogP) is 4.21. The molecular formula is C14H10BrClN2O. The van der Waals surface area contributed by atoms with Gasteiger partial charge in [-0.2, -0.15) is 0 Å². The molecule has 1 amide bonds. The molecule has 96 valence electrons. The number of carbonyl (C=O) groups excluding carboxylic acids is 1. The number of hydrogen-bond acceptors (Lipinski definition) is 2. The molecule has 3 rings (SSSR count). The van der Waals surface area contributed by atoms with E-state index in [0.29, 0.717) is 5.02 Å². The van der Waals surface area contributed by atoms with Crippen LogP contribution in [0, 0.1) is 0 Å². The molecule has 0 saturated heterocycles. The molecule has 2 N–H and O–H groups in total. The van der Waals surface area contributed by atoms with Crippen LogP contribution < -0.4 is 10.6 Å². The maximum Gasteiger partial charge on any atom is 0.251 e. The average Bonchev–Trinajstić information content (AvgIpc) is 2.65. The van der Waals surface area contributed by atoms with Crippen molar-refractivity contribution >= 4 is 44.8 Å². The fourth-order valence-corrected chi connectivity index (χ4v) is 2.67. The summed E-state index contributed by atoms with van der Waals surface area (Å²) >= 11 is 9.33. The topological polar surface area (TPSA) is 41.1 Å². The molecule has 0 saturated carbocycles. The summed E-state index contributed by atoms with van der Waals surface area (Å²) in [5.74, 6) is -0.0620. The average molecular weight is 338 g/mol. The SMILES string of the molecule is O=C1Nc2cc(Br)ccc2C1Nc1cccc(Cl)c1. The van der Waals surface area contributed by atoms with Crippen LogP contribution in [0.15, 0.2) is 46.9 Å². The number of carbonyl (C=O) groups is 1. The minimum atomic E-state index is -0.387. The first kappa shape index (κ1) is 12.5. The van der Waals surface area contributed by atoms with Gasteiger partial charge in [-0.3, -0.25) is 4.79 Å². The second-order valence-electron chi connectivity index (χ2n) is 4.31. The Kier molecular flexibility index (Phi) is 3.21. The Morgan fingerprint density at radius 3 is 2.84 bits per heavy atom. The smallest absolute Gasteiger partial charge is 0.251 e. The molecule has 0 fully saturated rings. The highest BCUT2D eigenvalue weighted by Crippen LogP contribution is 2.35. The van der Waals surface area contributed by atoms with Crippen molar-refractivity contribution in [1.82, 2.24) is 0 Å². The van der Waals surface area contributed by atoms with Gasteiger partial charge in [0.1, 0.15) is 6.04 Å². The molecule has 1 atom stereocenters. The van der Waals surface area contributed by atoms with Crippen LogP contribution >= 0.6 is 27.5 Å². The highest BCUT2D eigenvalue weighted by atomic mass is 79.9. The van der Waals surface area contributed by atoms with Gasteiger partial charge in [-0.1, -0.05) is 39.7 Å².